The van der Waals surface area contributed by atoms with Crippen molar-refractivity contribution in [2.75, 3.05) is 7.05 Å². The fraction of sp³-hybridized carbons (Fsp3) is 0.750. The van der Waals surface area contributed by atoms with Crippen LogP contribution in [0.15, 0.2) is 11.5 Å². The van der Waals surface area contributed by atoms with Gasteiger partial charge in [0.1, 0.15) is 5.76 Å². The third-order valence-corrected chi connectivity index (χ3v) is 1.96. The molecular formula is C8H16N2O. The van der Waals surface area contributed by atoms with E-state index in [0.717, 1.165) is 5.76 Å². The predicted molar refractivity (Wildman–Crippen MR) is 44.2 cm³/mol. The summed E-state index contributed by atoms with van der Waals surface area (Å²) in [5.74, 6) is 0.987. The molecule has 0 amide bonds. The van der Waals surface area contributed by atoms with Crippen molar-refractivity contribution >= 4 is 0 Å². The molecule has 1 aliphatic heterocycles. The minimum absolute atomic E-state index is 0.382. The maximum absolute atomic E-state index is 5.49. The summed E-state index contributed by atoms with van der Waals surface area (Å²) in [6.45, 7) is 8.23. The Morgan fingerprint density at radius 2 is 1.82 bits per heavy atom. The second-order valence-corrected chi connectivity index (χ2v) is 3.15. The van der Waals surface area contributed by atoms with Crippen LogP contribution in [0.1, 0.15) is 27.7 Å². The van der Waals surface area contributed by atoms with E-state index in [2.05, 4.69) is 20.8 Å². The molecule has 3 heteroatoms. The van der Waals surface area contributed by atoms with Crippen molar-refractivity contribution in [3.8, 4) is 0 Å². The Hall–Kier alpha value is -0.700. The fourth-order valence-electron chi connectivity index (χ4n) is 1.10. The van der Waals surface area contributed by atoms with E-state index in [4.69, 9.17) is 4.84 Å². The van der Waals surface area contributed by atoms with Crippen molar-refractivity contribution in [3.63, 3.8) is 0 Å². The van der Waals surface area contributed by atoms with Crippen LogP contribution >= 0.6 is 0 Å². The van der Waals surface area contributed by atoms with Gasteiger partial charge in [-0.05, 0) is 27.7 Å². The van der Waals surface area contributed by atoms with E-state index in [1.807, 2.05) is 24.2 Å². The van der Waals surface area contributed by atoms with Gasteiger partial charge >= 0.3 is 0 Å². The first-order chi connectivity index (χ1) is 5.04. The molecule has 0 radical (unpaired) electrons. The average Bonchev–Trinajstić information content (AvgIpc) is 2.17. The van der Waals surface area contributed by atoms with Crippen molar-refractivity contribution in [1.82, 2.24) is 10.2 Å². The molecule has 0 atom stereocenters. The summed E-state index contributed by atoms with van der Waals surface area (Å²) in [4.78, 5) is 5.49. The molecule has 0 bridgehead atoms. The summed E-state index contributed by atoms with van der Waals surface area (Å²) < 4.78 is 0. The monoisotopic (exact) mass is 156 g/mol. The number of hydrogen-bond acceptors (Lipinski definition) is 3. The molecule has 1 aliphatic rings. The smallest absolute Gasteiger partial charge is 0.144 e. The molecule has 0 aromatic carbocycles. The molecule has 0 saturated heterocycles. The van der Waals surface area contributed by atoms with Crippen molar-refractivity contribution < 1.29 is 4.84 Å². The number of hydroxylamine groups is 1. The van der Waals surface area contributed by atoms with E-state index in [0.29, 0.717) is 6.04 Å². The molecule has 0 aromatic heterocycles. The zero-order valence-electron chi connectivity index (χ0n) is 7.88. The summed E-state index contributed by atoms with van der Waals surface area (Å²) in [5.41, 5.74) is 1.18. The molecule has 0 fully saturated rings. The van der Waals surface area contributed by atoms with E-state index in [1.54, 1.807) is 0 Å². The van der Waals surface area contributed by atoms with Gasteiger partial charge in [-0.1, -0.05) is 5.17 Å². The van der Waals surface area contributed by atoms with Crippen LogP contribution in [-0.4, -0.2) is 23.3 Å². The van der Waals surface area contributed by atoms with Crippen LogP contribution in [0.2, 0.25) is 0 Å². The largest absolute Gasteiger partial charge is 0.389 e. The number of hydrogen-bond donors (Lipinski definition) is 0. The Kier molecular flexibility index (Phi) is 2.09. The van der Waals surface area contributed by atoms with E-state index in [1.165, 1.54) is 5.70 Å². The lowest BCUT2D eigenvalue weighted by Gasteiger charge is -2.27. The van der Waals surface area contributed by atoms with E-state index >= 15 is 0 Å². The molecule has 0 unspecified atom stereocenters. The molecule has 0 saturated carbocycles. The van der Waals surface area contributed by atoms with Crippen LogP contribution in [0.3, 0.4) is 0 Å². The zero-order valence-corrected chi connectivity index (χ0v) is 7.88. The van der Waals surface area contributed by atoms with Gasteiger partial charge in [0, 0.05) is 7.05 Å². The summed E-state index contributed by atoms with van der Waals surface area (Å²) in [6.07, 6.45) is 0. The number of hydrazine groups is 1. The number of allylic oxidation sites excluding steroid dienone is 2. The SMILES string of the molecule is CC1=C(C)N(C)N(C(C)C)O1. The lowest BCUT2D eigenvalue weighted by Crippen LogP contribution is -2.38. The van der Waals surface area contributed by atoms with Crippen LogP contribution < -0.4 is 0 Å². The van der Waals surface area contributed by atoms with Gasteiger partial charge in [0.2, 0.25) is 0 Å². The number of rotatable bonds is 1. The van der Waals surface area contributed by atoms with Gasteiger partial charge < -0.3 is 4.84 Å². The van der Waals surface area contributed by atoms with Gasteiger partial charge in [0.25, 0.3) is 0 Å². The molecule has 1 heterocycles. The first-order valence-corrected chi connectivity index (χ1v) is 3.92. The maximum Gasteiger partial charge on any atom is 0.144 e. The van der Waals surface area contributed by atoms with Gasteiger partial charge in [-0.3, -0.25) is 5.01 Å². The van der Waals surface area contributed by atoms with Gasteiger partial charge in [-0.15, -0.1) is 0 Å². The van der Waals surface area contributed by atoms with Crippen LogP contribution in [0.5, 0.6) is 0 Å². The van der Waals surface area contributed by atoms with Gasteiger partial charge in [-0.25, -0.2) is 0 Å². The van der Waals surface area contributed by atoms with Gasteiger partial charge in [-0.2, -0.15) is 0 Å². The fourth-order valence-corrected chi connectivity index (χ4v) is 1.10. The Morgan fingerprint density at radius 3 is 2.00 bits per heavy atom. The highest BCUT2D eigenvalue weighted by Gasteiger charge is 2.25. The normalized spacial score (nSPS) is 20.0. The number of nitrogens with zero attached hydrogens (tertiary/aromatic N) is 2. The van der Waals surface area contributed by atoms with E-state index < -0.39 is 0 Å². The lowest BCUT2D eigenvalue weighted by molar-refractivity contribution is -0.226. The first-order valence-electron chi connectivity index (χ1n) is 3.92. The third-order valence-electron chi connectivity index (χ3n) is 1.96. The van der Waals surface area contributed by atoms with Gasteiger partial charge in [0.15, 0.2) is 0 Å². The molecule has 1 rings (SSSR count). The van der Waals surface area contributed by atoms with Crippen LogP contribution in [0, 0.1) is 0 Å². The Balaban J connectivity index is 2.70. The minimum atomic E-state index is 0.382. The molecule has 0 aliphatic carbocycles. The lowest BCUT2D eigenvalue weighted by atomic mass is 10.4. The minimum Gasteiger partial charge on any atom is -0.389 e. The third kappa shape index (κ3) is 1.33. The highest BCUT2D eigenvalue weighted by atomic mass is 16.7. The maximum atomic E-state index is 5.49. The topological polar surface area (TPSA) is 15.7 Å². The second kappa shape index (κ2) is 2.74. The standard InChI is InChI=1S/C8H16N2O/c1-6(2)10-9(5)7(3)8(4)11-10/h6H,1-5H3. The van der Waals surface area contributed by atoms with Gasteiger partial charge in [0.05, 0.1) is 11.7 Å². The summed E-state index contributed by atoms with van der Waals surface area (Å²) in [7, 11) is 2.01. The van der Waals surface area contributed by atoms with Crippen LogP contribution in [-0.2, 0) is 4.84 Å². The highest BCUT2D eigenvalue weighted by Crippen LogP contribution is 2.23. The molecule has 64 valence electrons. The summed E-state index contributed by atoms with van der Waals surface area (Å²) in [6, 6.07) is 0.382. The van der Waals surface area contributed by atoms with Crippen molar-refractivity contribution in [3.05, 3.63) is 11.5 Å². The second-order valence-electron chi connectivity index (χ2n) is 3.15. The highest BCUT2D eigenvalue weighted by molar-refractivity contribution is 5.03. The first kappa shape index (κ1) is 8.40. The van der Waals surface area contributed by atoms with Crippen molar-refractivity contribution in [2.24, 2.45) is 0 Å². The van der Waals surface area contributed by atoms with Crippen molar-refractivity contribution in [1.29, 1.82) is 0 Å². The molecule has 0 N–H and O–H groups in total. The van der Waals surface area contributed by atoms with E-state index in [-0.39, 0.29) is 0 Å². The summed E-state index contributed by atoms with van der Waals surface area (Å²) >= 11 is 0. The molecular weight excluding hydrogens is 140 g/mol. The molecule has 0 aromatic rings. The predicted octanol–water partition coefficient (Wildman–Crippen LogP) is 1.74. The van der Waals surface area contributed by atoms with E-state index in [9.17, 15) is 0 Å². The molecule has 11 heavy (non-hydrogen) atoms. The zero-order chi connectivity index (χ0) is 8.59. The molecule has 3 nitrogen and oxygen atoms in total. The van der Waals surface area contributed by atoms with Crippen LogP contribution in [0.25, 0.3) is 0 Å². The quantitative estimate of drug-likeness (QED) is 0.575. The summed E-state index contributed by atoms with van der Waals surface area (Å²) in [5, 5.41) is 3.89. The Morgan fingerprint density at radius 1 is 1.27 bits per heavy atom. The van der Waals surface area contributed by atoms with Crippen molar-refractivity contribution in [2.45, 2.75) is 33.7 Å². The van der Waals surface area contributed by atoms with Crippen LogP contribution in [0.4, 0.5) is 0 Å². The Bertz CT molecular complexity index is 187. The Labute approximate surface area is 68.2 Å². The average molecular weight is 156 g/mol. The molecule has 0 spiro atoms.